The summed E-state index contributed by atoms with van der Waals surface area (Å²) in [7, 11) is 0. The predicted octanol–water partition coefficient (Wildman–Crippen LogP) is 6.56. The summed E-state index contributed by atoms with van der Waals surface area (Å²) in [6.07, 6.45) is 7.97. The summed E-state index contributed by atoms with van der Waals surface area (Å²) in [5.41, 5.74) is 3.52. The lowest BCUT2D eigenvalue weighted by Gasteiger charge is -2.22. The Balaban J connectivity index is 1.25. The van der Waals surface area contributed by atoms with Crippen LogP contribution in [0.25, 0.3) is 0 Å². The largest absolute Gasteiger partial charge is 0.384 e. The third-order valence-electron chi connectivity index (χ3n) is 7.84. The fourth-order valence-corrected chi connectivity index (χ4v) is 7.63. The molecular weight excluding hydrogens is 503 g/mol. The molecule has 1 saturated carbocycles. The molecule has 3 heterocycles. The van der Waals surface area contributed by atoms with Crippen LogP contribution >= 0.6 is 34.5 Å². The number of benzene rings is 1. The monoisotopic (exact) mass is 530 g/mol. The number of likely N-dealkylation sites (tertiary alicyclic amines) is 1. The van der Waals surface area contributed by atoms with E-state index in [2.05, 4.69) is 5.16 Å². The number of nitrogens with zero attached hydrogens (tertiary/aromatic N) is 2. The van der Waals surface area contributed by atoms with Gasteiger partial charge < -0.3 is 9.74 Å². The number of halogens is 2. The fourth-order valence-electron chi connectivity index (χ4n) is 5.78. The second-order valence-electron chi connectivity index (χ2n) is 10.5. The van der Waals surface area contributed by atoms with Crippen molar-refractivity contribution in [2.45, 2.75) is 76.4 Å². The maximum absolute atomic E-state index is 13.5. The van der Waals surface area contributed by atoms with E-state index < -0.39 is 5.60 Å². The number of hydrogen-bond donors (Lipinski definition) is 0. The minimum absolute atomic E-state index is 0.110. The molecule has 1 amide bonds. The second-order valence-corrected chi connectivity index (χ2v) is 12.4. The molecular formula is C27H28Cl2N2O3S. The molecule has 2 aliphatic heterocycles. The van der Waals surface area contributed by atoms with Crippen molar-refractivity contribution in [1.29, 1.82) is 0 Å². The quantitative estimate of drug-likeness (QED) is 0.397. The summed E-state index contributed by atoms with van der Waals surface area (Å²) < 4.78 is 0. The Morgan fingerprint density at radius 1 is 1.14 bits per heavy atom. The molecule has 2 unspecified atom stereocenters. The van der Waals surface area contributed by atoms with Gasteiger partial charge in [0.2, 0.25) is 5.91 Å². The van der Waals surface area contributed by atoms with E-state index in [4.69, 9.17) is 28.0 Å². The van der Waals surface area contributed by atoms with Crippen molar-refractivity contribution in [3.8, 4) is 0 Å². The number of rotatable bonds is 6. The van der Waals surface area contributed by atoms with E-state index in [0.717, 1.165) is 72.5 Å². The number of amides is 1. The number of carbonyl (C=O) groups is 2. The van der Waals surface area contributed by atoms with Gasteiger partial charge in [0.1, 0.15) is 5.71 Å². The van der Waals surface area contributed by atoms with Crippen LogP contribution in [0, 0.1) is 5.92 Å². The highest BCUT2D eigenvalue weighted by Gasteiger charge is 2.42. The zero-order valence-corrected chi connectivity index (χ0v) is 22.1. The van der Waals surface area contributed by atoms with Crippen molar-refractivity contribution >= 4 is 51.9 Å². The molecule has 35 heavy (non-hydrogen) atoms. The van der Waals surface area contributed by atoms with Crippen molar-refractivity contribution in [3.05, 3.63) is 54.7 Å². The standard InChI is InChI=1S/C27H28Cl2N2O3S/c1-27(16-11-17(28)13-18(29)12-16)14-22(30-34-27)24-20-4-2-3-5-21(20)25(35-24)23(32)10-15-8-9-31(26(15)33)19-6-7-19/h11-13,15,19H,2-10,14H2,1H3. The van der Waals surface area contributed by atoms with Crippen LogP contribution in [-0.2, 0) is 28.1 Å². The van der Waals surface area contributed by atoms with E-state index in [9.17, 15) is 9.59 Å². The highest BCUT2D eigenvalue weighted by atomic mass is 35.5. The number of Topliss-reactive ketones (excluding diaryl/α,β-unsaturated/α-hetero) is 1. The SMILES string of the molecule is CC1(c2cc(Cl)cc(Cl)c2)CC(c2sc(C(=O)CC3CCN(C4CC4)C3=O)c3c2CCCC3)=NO1. The van der Waals surface area contributed by atoms with Gasteiger partial charge in [0.15, 0.2) is 11.4 Å². The molecule has 2 fully saturated rings. The van der Waals surface area contributed by atoms with Gasteiger partial charge in [0.25, 0.3) is 0 Å². The van der Waals surface area contributed by atoms with Crippen molar-refractivity contribution in [1.82, 2.24) is 4.90 Å². The molecule has 184 valence electrons. The van der Waals surface area contributed by atoms with Gasteiger partial charge in [-0.3, -0.25) is 9.59 Å². The van der Waals surface area contributed by atoms with E-state index in [1.54, 1.807) is 17.4 Å². The summed E-state index contributed by atoms with van der Waals surface area (Å²) >= 11 is 14.0. The molecule has 5 nitrogen and oxygen atoms in total. The number of oxime groups is 1. The van der Waals surface area contributed by atoms with Crippen LogP contribution in [-0.4, -0.2) is 34.9 Å². The van der Waals surface area contributed by atoms with Crippen molar-refractivity contribution in [2.75, 3.05) is 6.54 Å². The Morgan fingerprint density at radius 2 is 1.86 bits per heavy atom. The van der Waals surface area contributed by atoms with Crippen LogP contribution in [0.3, 0.4) is 0 Å². The lowest BCUT2D eigenvalue weighted by molar-refractivity contribution is -0.131. The van der Waals surface area contributed by atoms with Gasteiger partial charge in [-0.25, -0.2) is 0 Å². The highest BCUT2D eigenvalue weighted by molar-refractivity contribution is 7.16. The van der Waals surface area contributed by atoms with Crippen LogP contribution in [0.1, 0.15) is 83.1 Å². The van der Waals surface area contributed by atoms with Crippen LogP contribution in [0.2, 0.25) is 10.0 Å². The smallest absolute Gasteiger partial charge is 0.226 e. The minimum atomic E-state index is -0.665. The van der Waals surface area contributed by atoms with Crippen LogP contribution in [0.4, 0.5) is 0 Å². The predicted molar refractivity (Wildman–Crippen MR) is 139 cm³/mol. The van der Waals surface area contributed by atoms with Gasteiger partial charge in [-0.05, 0) is 81.2 Å². The van der Waals surface area contributed by atoms with Gasteiger partial charge in [-0.15, -0.1) is 11.3 Å². The summed E-state index contributed by atoms with van der Waals surface area (Å²) in [6.45, 7) is 2.80. The fraction of sp³-hybridized carbons (Fsp3) is 0.519. The number of hydrogen-bond acceptors (Lipinski definition) is 5. The first-order valence-corrected chi connectivity index (χ1v) is 14.1. The lowest BCUT2D eigenvalue weighted by atomic mass is 9.86. The van der Waals surface area contributed by atoms with Gasteiger partial charge >= 0.3 is 0 Å². The van der Waals surface area contributed by atoms with Crippen molar-refractivity contribution < 1.29 is 14.4 Å². The lowest BCUT2D eigenvalue weighted by Crippen LogP contribution is -2.30. The van der Waals surface area contributed by atoms with Gasteiger partial charge in [0, 0.05) is 47.0 Å². The molecule has 2 aliphatic carbocycles. The Labute approximate surface area is 219 Å². The first-order chi connectivity index (χ1) is 16.8. The number of thiophene rings is 1. The zero-order valence-electron chi connectivity index (χ0n) is 19.7. The van der Waals surface area contributed by atoms with E-state index in [1.165, 1.54) is 11.1 Å². The minimum Gasteiger partial charge on any atom is -0.384 e. The molecule has 1 aromatic carbocycles. The molecule has 2 aromatic rings. The zero-order chi connectivity index (χ0) is 24.3. The molecule has 8 heteroatoms. The second kappa shape index (κ2) is 8.89. The molecule has 0 radical (unpaired) electrons. The highest BCUT2D eigenvalue weighted by Crippen LogP contribution is 2.43. The first-order valence-electron chi connectivity index (χ1n) is 12.5. The third kappa shape index (κ3) is 4.32. The molecule has 1 saturated heterocycles. The molecule has 4 aliphatic rings. The summed E-state index contributed by atoms with van der Waals surface area (Å²) in [4.78, 5) is 36.2. The number of carbonyl (C=O) groups excluding carboxylic acids is 2. The van der Waals surface area contributed by atoms with Gasteiger partial charge in [0.05, 0.1) is 9.75 Å². The van der Waals surface area contributed by atoms with E-state index in [0.29, 0.717) is 28.9 Å². The molecule has 0 bridgehead atoms. The summed E-state index contributed by atoms with van der Waals surface area (Å²) in [5.74, 6) is 0.117. The van der Waals surface area contributed by atoms with Gasteiger partial charge in [-0.1, -0.05) is 28.4 Å². The molecule has 1 aromatic heterocycles. The number of fused-ring (bicyclic) bond motifs is 1. The summed E-state index contributed by atoms with van der Waals surface area (Å²) in [5, 5.41) is 5.62. The Bertz CT molecular complexity index is 1230. The van der Waals surface area contributed by atoms with Crippen molar-refractivity contribution in [3.63, 3.8) is 0 Å². The van der Waals surface area contributed by atoms with Crippen molar-refractivity contribution in [2.24, 2.45) is 11.1 Å². The topological polar surface area (TPSA) is 59.0 Å². The summed E-state index contributed by atoms with van der Waals surface area (Å²) in [6, 6.07) is 5.87. The van der Waals surface area contributed by atoms with Crippen LogP contribution in [0.15, 0.2) is 23.4 Å². The molecule has 6 rings (SSSR count). The number of ketones is 1. The Morgan fingerprint density at radius 3 is 2.57 bits per heavy atom. The maximum Gasteiger partial charge on any atom is 0.226 e. The normalized spacial score (nSPS) is 26.0. The average Bonchev–Trinajstić information content (AvgIpc) is 3.32. The Hall–Kier alpha value is -1.89. The molecule has 2 atom stereocenters. The van der Waals surface area contributed by atoms with Crippen LogP contribution < -0.4 is 0 Å². The van der Waals surface area contributed by atoms with Crippen LogP contribution in [0.5, 0.6) is 0 Å². The van der Waals surface area contributed by atoms with E-state index in [-0.39, 0.29) is 17.6 Å². The van der Waals surface area contributed by atoms with Gasteiger partial charge in [-0.2, -0.15) is 0 Å². The van der Waals surface area contributed by atoms with E-state index in [1.807, 2.05) is 24.0 Å². The maximum atomic E-state index is 13.5. The van der Waals surface area contributed by atoms with E-state index >= 15 is 0 Å². The molecule has 0 spiro atoms. The first kappa shape index (κ1) is 23.5. The molecule has 0 N–H and O–H groups in total. The Kier molecular flexibility index (Phi) is 5.97. The average molecular weight is 532 g/mol. The third-order valence-corrected chi connectivity index (χ3v) is 9.64.